The van der Waals surface area contributed by atoms with Crippen LogP contribution < -0.4 is 0 Å². The van der Waals surface area contributed by atoms with Crippen molar-refractivity contribution < 1.29 is 17.4 Å². The largest absolute Gasteiger partial charge is 0.744 e. The number of hydrogen-bond acceptors (Lipinski definition) is 3. The van der Waals surface area contributed by atoms with Gasteiger partial charge in [0.05, 0.1) is 37.8 Å². The molecule has 26 heavy (non-hydrogen) atoms. The number of halogens is 2. The molecule has 4 rings (SSSR count). The van der Waals surface area contributed by atoms with Crippen LogP contribution in [-0.2, 0) is 10.1 Å². The monoisotopic (exact) mass is 404 g/mol. The third-order valence-electron chi connectivity index (χ3n) is 4.07. The van der Waals surface area contributed by atoms with Gasteiger partial charge >= 0.3 is 11.2 Å². The zero-order chi connectivity index (χ0) is 18.5. The lowest BCUT2D eigenvalue weighted by Crippen LogP contribution is -2.01. The molecule has 0 fully saturated rings. The fourth-order valence-corrected chi connectivity index (χ4v) is 4.03. The SMILES string of the molecule is O=S(=O)([O-])c1ccccc1-c1c2ccc(Cl)cc2[o+]c2cc(Cl)ccc12. The summed E-state index contributed by atoms with van der Waals surface area (Å²) in [7, 11) is -4.67. The first kappa shape index (κ1) is 17.2. The van der Waals surface area contributed by atoms with Crippen LogP contribution in [0.1, 0.15) is 0 Å². The first-order valence-electron chi connectivity index (χ1n) is 7.54. The van der Waals surface area contributed by atoms with Gasteiger partial charge in [0.2, 0.25) is 0 Å². The predicted molar refractivity (Wildman–Crippen MR) is 102 cm³/mol. The quantitative estimate of drug-likeness (QED) is 0.242. The Bertz CT molecular complexity index is 1220. The van der Waals surface area contributed by atoms with Gasteiger partial charge in [-0.1, -0.05) is 41.4 Å². The van der Waals surface area contributed by atoms with Crippen molar-refractivity contribution >= 4 is 55.3 Å². The van der Waals surface area contributed by atoms with Crippen LogP contribution in [0.5, 0.6) is 0 Å². The summed E-state index contributed by atoms with van der Waals surface area (Å²) in [5.74, 6) is 0. The van der Waals surface area contributed by atoms with Gasteiger partial charge in [0.25, 0.3) is 0 Å². The molecule has 0 unspecified atom stereocenters. The van der Waals surface area contributed by atoms with Crippen LogP contribution >= 0.6 is 23.2 Å². The molecular formula is C19H10Cl2O4S. The number of fused-ring (bicyclic) bond motifs is 2. The molecule has 1 heterocycles. The zero-order valence-electron chi connectivity index (χ0n) is 13.1. The second-order valence-corrected chi connectivity index (χ2v) is 7.93. The van der Waals surface area contributed by atoms with Crippen LogP contribution in [0.3, 0.4) is 0 Å². The molecule has 0 spiro atoms. The average molecular weight is 405 g/mol. The summed E-state index contributed by atoms with van der Waals surface area (Å²) in [6, 6.07) is 16.2. The Morgan fingerprint density at radius 2 is 1.35 bits per heavy atom. The van der Waals surface area contributed by atoms with Gasteiger partial charge in [0.1, 0.15) is 10.1 Å². The van der Waals surface area contributed by atoms with Crippen LogP contribution in [0, 0.1) is 0 Å². The standard InChI is InChI=1S/C19H10Cl2O4S/c20-11-5-7-13-16(9-11)25-17-10-12(21)6-8-14(17)19(13)15-3-1-2-4-18(15)26(22,23)24/h1-10H. The molecule has 0 saturated heterocycles. The highest BCUT2D eigenvalue weighted by molar-refractivity contribution is 7.85. The van der Waals surface area contributed by atoms with Crippen molar-refractivity contribution in [2.75, 3.05) is 0 Å². The highest BCUT2D eigenvalue weighted by Crippen LogP contribution is 2.40. The molecule has 0 radical (unpaired) electrons. The Hall–Kier alpha value is -2.18. The number of hydrogen-bond donors (Lipinski definition) is 0. The van der Waals surface area contributed by atoms with Crippen molar-refractivity contribution in [2.24, 2.45) is 0 Å². The summed E-state index contributed by atoms with van der Waals surface area (Å²) in [4.78, 5) is -0.293. The van der Waals surface area contributed by atoms with E-state index in [1.54, 1.807) is 48.5 Å². The van der Waals surface area contributed by atoms with E-state index in [2.05, 4.69) is 0 Å². The molecule has 0 aliphatic rings. The molecule has 0 amide bonds. The lowest BCUT2D eigenvalue weighted by molar-refractivity contribution is 0.463. The number of rotatable bonds is 2. The lowest BCUT2D eigenvalue weighted by Gasteiger charge is -2.14. The van der Waals surface area contributed by atoms with E-state index in [1.165, 1.54) is 12.1 Å². The molecule has 0 atom stereocenters. The van der Waals surface area contributed by atoms with Crippen LogP contribution in [0.4, 0.5) is 0 Å². The van der Waals surface area contributed by atoms with Crippen molar-refractivity contribution in [3.63, 3.8) is 0 Å². The summed E-state index contributed by atoms with van der Waals surface area (Å²) in [5.41, 5.74) is 1.79. The van der Waals surface area contributed by atoms with Gasteiger partial charge in [-0.25, -0.2) is 12.8 Å². The Kier molecular flexibility index (Phi) is 4.12. The van der Waals surface area contributed by atoms with Crippen molar-refractivity contribution in [3.8, 4) is 11.1 Å². The molecule has 4 aromatic rings. The molecule has 3 aromatic carbocycles. The van der Waals surface area contributed by atoms with Gasteiger partial charge in [-0.2, -0.15) is 0 Å². The van der Waals surface area contributed by atoms with E-state index in [0.717, 1.165) is 0 Å². The minimum absolute atomic E-state index is 0.293. The average Bonchev–Trinajstić information content (AvgIpc) is 2.58. The minimum atomic E-state index is -4.67. The third-order valence-corrected chi connectivity index (χ3v) is 5.44. The van der Waals surface area contributed by atoms with Gasteiger partial charge in [-0.05, 0) is 30.3 Å². The molecule has 4 nitrogen and oxygen atoms in total. The van der Waals surface area contributed by atoms with E-state index in [1.807, 2.05) is 0 Å². The Morgan fingerprint density at radius 3 is 1.88 bits per heavy atom. The third kappa shape index (κ3) is 2.93. The zero-order valence-corrected chi connectivity index (χ0v) is 15.4. The summed E-state index contributed by atoms with van der Waals surface area (Å²) >= 11 is 12.1. The van der Waals surface area contributed by atoms with E-state index < -0.39 is 10.1 Å². The molecule has 7 heteroatoms. The van der Waals surface area contributed by atoms with Crippen molar-refractivity contribution in [2.45, 2.75) is 4.90 Å². The van der Waals surface area contributed by atoms with Gasteiger partial charge < -0.3 is 4.55 Å². The maximum atomic E-state index is 11.8. The molecule has 130 valence electrons. The van der Waals surface area contributed by atoms with Gasteiger partial charge in [0, 0.05) is 11.1 Å². The number of benzene rings is 3. The molecule has 0 bridgehead atoms. The van der Waals surface area contributed by atoms with Crippen molar-refractivity contribution in [3.05, 3.63) is 70.7 Å². The second kappa shape index (κ2) is 6.21. The predicted octanol–water partition coefficient (Wildman–Crippen LogP) is 5.75. The maximum absolute atomic E-state index is 11.8. The van der Waals surface area contributed by atoms with Crippen LogP contribution in [-0.4, -0.2) is 13.0 Å². The van der Waals surface area contributed by atoms with Crippen molar-refractivity contribution in [1.82, 2.24) is 0 Å². The molecule has 0 N–H and O–H groups in total. The summed E-state index contributed by atoms with van der Waals surface area (Å²) < 4.78 is 41.3. The smallest absolute Gasteiger partial charge is 0.362 e. The molecule has 0 saturated carbocycles. The minimum Gasteiger partial charge on any atom is -0.744 e. The molecular weight excluding hydrogens is 395 g/mol. The molecule has 1 aromatic heterocycles. The van der Waals surface area contributed by atoms with Gasteiger partial charge in [-0.3, -0.25) is 0 Å². The lowest BCUT2D eigenvalue weighted by atomic mass is 9.97. The fraction of sp³-hybridized carbons (Fsp3) is 0. The Morgan fingerprint density at radius 1 is 0.808 bits per heavy atom. The summed E-state index contributed by atoms with van der Waals surface area (Å²) in [6.07, 6.45) is 0. The first-order chi connectivity index (χ1) is 12.3. The van der Waals surface area contributed by atoms with Crippen molar-refractivity contribution in [1.29, 1.82) is 0 Å². The van der Waals surface area contributed by atoms with E-state index >= 15 is 0 Å². The van der Waals surface area contributed by atoms with E-state index in [4.69, 9.17) is 27.6 Å². The molecule has 0 aliphatic heterocycles. The van der Waals surface area contributed by atoms with Crippen LogP contribution in [0.25, 0.3) is 33.1 Å². The molecule has 0 aliphatic carbocycles. The normalized spacial score (nSPS) is 12.0. The van der Waals surface area contributed by atoms with E-state index in [0.29, 0.717) is 43.1 Å². The second-order valence-electron chi connectivity index (χ2n) is 5.71. The first-order valence-corrected chi connectivity index (χ1v) is 9.71. The van der Waals surface area contributed by atoms with E-state index in [9.17, 15) is 13.0 Å². The fourth-order valence-electron chi connectivity index (χ4n) is 3.02. The van der Waals surface area contributed by atoms with Crippen LogP contribution in [0.2, 0.25) is 10.0 Å². The summed E-state index contributed by atoms with van der Waals surface area (Å²) in [6.45, 7) is 0. The van der Waals surface area contributed by atoms with Gasteiger partial charge in [0.15, 0.2) is 0 Å². The Labute approximate surface area is 159 Å². The Balaban J connectivity index is 2.25. The highest BCUT2D eigenvalue weighted by Gasteiger charge is 2.23. The maximum Gasteiger partial charge on any atom is 0.362 e. The topological polar surface area (TPSA) is 68.5 Å². The van der Waals surface area contributed by atoms with Crippen LogP contribution in [0.15, 0.2) is 70.0 Å². The van der Waals surface area contributed by atoms with E-state index in [-0.39, 0.29) is 4.90 Å². The highest BCUT2D eigenvalue weighted by atomic mass is 35.5. The van der Waals surface area contributed by atoms with Gasteiger partial charge in [-0.15, -0.1) is 0 Å². The summed E-state index contributed by atoms with van der Waals surface area (Å²) in [5, 5.41) is 2.22.